The third-order valence-electron chi connectivity index (χ3n) is 3.62. The minimum absolute atomic E-state index is 0.0814. The lowest BCUT2D eigenvalue weighted by Crippen LogP contribution is -2.20. The molecule has 0 aliphatic carbocycles. The predicted molar refractivity (Wildman–Crippen MR) is 86.6 cm³/mol. The van der Waals surface area contributed by atoms with Crippen molar-refractivity contribution in [2.75, 3.05) is 0 Å². The molecule has 3 nitrogen and oxygen atoms in total. The molecule has 0 amide bonds. The predicted octanol–water partition coefficient (Wildman–Crippen LogP) is 4.22. The second-order valence-corrected chi connectivity index (χ2v) is 5.83. The summed E-state index contributed by atoms with van der Waals surface area (Å²) in [7, 11) is 0. The van der Waals surface area contributed by atoms with Gasteiger partial charge < -0.3 is 5.32 Å². The molecule has 2 rings (SSSR count). The van der Waals surface area contributed by atoms with Gasteiger partial charge in [-0.3, -0.25) is 4.68 Å². The number of nitrogens with zero attached hydrogens (tertiary/aromatic N) is 2. The lowest BCUT2D eigenvalue weighted by Gasteiger charge is -2.15. The summed E-state index contributed by atoms with van der Waals surface area (Å²) >= 11 is 3.64. The summed E-state index contributed by atoms with van der Waals surface area (Å²) in [5.74, 6) is -0.200. The highest BCUT2D eigenvalue weighted by atomic mass is 79.9. The molecule has 1 atom stereocenters. The molecule has 1 aromatic heterocycles. The van der Waals surface area contributed by atoms with E-state index < -0.39 is 0 Å². The van der Waals surface area contributed by atoms with Crippen LogP contribution in [0.15, 0.2) is 28.7 Å². The summed E-state index contributed by atoms with van der Waals surface area (Å²) in [6, 6.07) is 6.79. The van der Waals surface area contributed by atoms with Gasteiger partial charge in [-0.05, 0) is 53.9 Å². The molecule has 0 bridgehead atoms. The van der Waals surface area contributed by atoms with E-state index in [2.05, 4.69) is 40.2 Å². The van der Waals surface area contributed by atoms with Gasteiger partial charge in [0.1, 0.15) is 5.82 Å². The highest BCUT2D eigenvalue weighted by molar-refractivity contribution is 9.10. The van der Waals surface area contributed by atoms with Crippen molar-refractivity contribution in [2.45, 2.75) is 46.3 Å². The average Bonchev–Trinajstić information content (AvgIpc) is 2.80. The molecule has 5 heteroatoms. The molecule has 1 N–H and O–H groups in total. The Morgan fingerprint density at radius 3 is 2.76 bits per heavy atom. The van der Waals surface area contributed by atoms with Gasteiger partial charge in [0.2, 0.25) is 0 Å². The molecule has 0 radical (unpaired) electrons. The molecule has 1 aromatic carbocycles. The van der Waals surface area contributed by atoms with Crippen LogP contribution in [0.4, 0.5) is 4.39 Å². The molecule has 2 aromatic rings. The first kappa shape index (κ1) is 16.2. The maximum absolute atomic E-state index is 13.3. The smallest absolute Gasteiger partial charge is 0.123 e. The topological polar surface area (TPSA) is 29.9 Å². The summed E-state index contributed by atoms with van der Waals surface area (Å²) in [6.07, 6.45) is 0.903. The van der Waals surface area contributed by atoms with Gasteiger partial charge in [-0.25, -0.2) is 4.39 Å². The van der Waals surface area contributed by atoms with E-state index >= 15 is 0 Å². The van der Waals surface area contributed by atoms with Crippen LogP contribution in [-0.4, -0.2) is 9.78 Å². The fourth-order valence-corrected chi connectivity index (χ4v) is 3.03. The summed E-state index contributed by atoms with van der Waals surface area (Å²) in [5.41, 5.74) is 3.16. The van der Waals surface area contributed by atoms with E-state index in [-0.39, 0.29) is 11.9 Å². The largest absolute Gasteiger partial charge is 0.305 e. The monoisotopic (exact) mass is 353 g/mol. The van der Waals surface area contributed by atoms with E-state index in [1.54, 1.807) is 12.1 Å². The van der Waals surface area contributed by atoms with Crippen LogP contribution in [0.2, 0.25) is 0 Å². The van der Waals surface area contributed by atoms with Crippen molar-refractivity contribution < 1.29 is 4.39 Å². The zero-order valence-corrected chi connectivity index (χ0v) is 14.2. The standard InChI is InChI=1S/C16H21BrFN3/c1-4-14-16(17)15(21(5-2)20-14)10-19-11(3)12-7-6-8-13(18)9-12/h6-9,11,19H,4-5,10H2,1-3H3/t11-/m0/s1. The molecule has 1 heterocycles. The van der Waals surface area contributed by atoms with Crippen molar-refractivity contribution in [1.82, 2.24) is 15.1 Å². The Balaban J connectivity index is 2.11. The lowest BCUT2D eigenvalue weighted by molar-refractivity contribution is 0.526. The van der Waals surface area contributed by atoms with Gasteiger partial charge in [0.15, 0.2) is 0 Å². The number of aryl methyl sites for hydroxylation is 2. The Kier molecular flexibility index (Phi) is 5.53. The van der Waals surface area contributed by atoms with Crippen molar-refractivity contribution in [3.63, 3.8) is 0 Å². The van der Waals surface area contributed by atoms with Gasteiger partial charge in [0.25, 0.3) is 0 Å². The van der Waals surface area contributed by atoms with E-state index in [0.29, 0.717) is 6.54 Å². The van der Waals surface area contributed by atoms with Crippen LogP contribution >= 0.6 is 15.9 Å². The molecular formula is C16H21BrFN3. The van der Waals surface area contributed by atoms with Crippen LogP contribution in [-0.2, 0) is 19.5 Å². The second kappa shape index (κ2) is 7.18. The van der Waals surface area contributed by atoms with Crippen LogP contribution in [0.25, 0.3) is 0 Å². The van der Waals surface area contributed by atoms with Gasteiger partial charge in [-0.15, -0.1) is 0 Å². The van der Waals surface area contributed by atoms with Crippen molar-refractivity contribution in [2.24, 2.45) is 0 Å². The maximum atomic E-state index is 13.3. The molecule has 0 unspecified atom stereocenters. The maximum Gasteiger partial charge on any atom is 0.123 e. The fraction of sp³-hybridized carbons (Fsp3) is 0.438. The first-order valence-electron chi connectivity index (χ1n) is 7.29. The van der Waals surface area contributed by atoms with Gasteiger partial charge in [0.05, 0.1) is 15.9 Å². The summed E-state index contributed by atoms with van der Waals surface area (Å²) < 4.78 is 16.4. The van der Waals surface area contributed by atoms with Crippen molar-refractivity contribution in [3.05, 3.63) is 51.5 Å². The molecule has 0 aliphatic rings. The van der Waals surface area contributed by atoms with E-state index in [1.807, 2.05) is 17.7 Å². The molecular weight excluding hydrogens is 333 g/mol. The summed E-state index contributed by atoms with van der Waals surface area (Å²) in [4.78, 5) is 0. The lowest BCUT2D eigenvalue weighted by atomic mass is 10.1. The highest BCUT2D eigenvalue weighted by Crippen LogP contribution is 2.23. The zero-order chi connectivity index (χ0) is 15.4. The average molecular weight is 354 g/mol. The number of hydrogen-bond acceptors (Lipinski definition) is 2. The van der Waals surface area contributed by atoms with Crippen LogP contribution in [0, 0.1) is 5.82 Å². The molecule has 0 saturated heterocycles. The molecule has 0 aliphatic heterocycles. The van der Waals surface area contributed by atoms with E-state index in [4.69, 9.17) is 0 Å². The minimum Gasteiger partial charge on any atom is -0.305 e. The SMILES string of the molecule is CCc1nn(CC)c(CN[C@@H](C)c2cccc(F)c2)c1Br. The quantitative estimate of drug-likeness (QED) is 0.842. The van der Waals surface area contributed by atoms with E-state index in [9.17, 15) is 4.39 Å². The fourth-order valence-electron chi connectivity index (χ4n) is 2.33. The highest BCUT2D eigenvalue weighted by Gasteiger charge is 2.15. The molecule has 0 fully saturated rings. The normalized spacial score (nSPS) is 12.6. The second-order valence-electron chi connectivity index (χ2n) is 5.03. The molecule has 114 valence electrons. The Hall–Kier alpha value is -1.20. The molecule has 21 heavy (non-hydrogen) atoms. The zero-order valence-electron chi connectivity index (χ0n) is 12.7. The number of halogens is 2. The molecule has 0 saturated carbocycles. The van der Waals surface area contributed by atoms with Crippen LogP contribution in [0.1, 0.15) is 43.8 Å². The van der Waals surface area contributed by atoms with Gasteiger partial charge in [0, 0.05) is 19.1 Å². The van der Waals surface area contributed by atoms with Gasteiger partial charge >= 0.3 is 0 Å². The molecule has 0 spiro atoms. The van der Waals surface area contributed by atoms with Crippen molar-refractivity contribution in [3.8, 4) is 0 Å². The number of rotatable bonds is 6. The third kappa shape index (κ3) is 3.71. The Morgan fingerprint density at radius 1 is 1.38 bits per heavy atom. The van der Waals surface area contributed by atoms with Crippen LogP contribution < -0.4 is 5.32 Å². The number of aromatic nitrogens is 2. The minimum atomic E-state index is -0.200. The summed E-state index contributed by atoms with van der Waals surface area (Å²) in [5, 5.41) is 8.02. The first-order chi connectivity index (χ1) is 10.1. The Bertz CT molecular complexity index is 610. The number of nitrogens with one attached hydrogen (secondary N) is 1. The van der Waals surface area contributed by atoms with Crippen LogP contribution in [0.3, 0.4) is 0 Å². The van der Waals surface area contributed by atoms with Crippen molar-refractivity contribution in [1.29, 1.82) is 0 Å². The summed E-state index contributed by atoms with van der Waals surface area (Å²) in [6.45, 7) is 7.75. The Labute approximate surface area is 133 Å². The third-order valence-corrected chi connectivity index (χ3v) is 4.53. The van der Waals surface area contributed by atoms with Crippen molar-refractivity contribution >= 4 is 15.9 Å². The number of hydrogen-bond donors (Lipinski definition) is 1. The Morgan fingerprint density at radius 2 is 2.14 bits per heavy atom. The van der Waals surface area contributed by atoms with Gasteiger partial charge in [-0.1, -0.05) is 19.1 Å². The first-order valence-corrected chi connectivity index (χ1v) is 8.09. The van der Waals surface area contributed by atoms with Gasteiger partial charge in [-0.2, -0.15) is 5.10 Å². The van der Waals surface area contributed by atoms with Crippen LogP contribution in [0.5, 0.6) is 0 Å². The van der Waals surface area contributed by atoms with E-state index in [1.165, 1.54) is 6.07 Å². The van der Waals surface area contributed by atoms with E-state index in [0.717, 1.165) is 34.4 Å². The number of benzene rings is 1.